The van der Waals surface area contributed by atoms with Gasteiger partial charge in [-0.1, -0.05) is 19.8 Å². The number of carbonyl (C=O) groups excluding carboxylic acids is 1. The fraction of sp³-hybridized carbons (Fsp3) is 0.643. The molecule has 1 aromatic rings. The van der Waals surface area contributed by atoms with Gasteiger partial charge in [0.05, 0.1) is 12.8 Å². The molecule has 3 heteroatoms. The Morgan fingerprint density at radius 3 is 3.00 bits per heavy atom. The second kappa shape index (κ2) is 5.50. The van der Waals surface area contributed by atoms with E-state index in [-0.39, 0.29) is 5.78 Å². The largest absolute Gasteiger partial charge is 0.461 e. The van der Waals surface area contributed by atoms with Gasteiger partial charge in [-0.05, 0) is 37.9 Å². The van der Waals surface area contributed by atoms with Gasteiger partial charge < -0.3 is 4.42 Å². The van der Waals surface area contributed by atoms with Crippen LogP contribution in [0, 0.1) is 5.92 Å². The molecular weight excluding hydrogens is 214 g/mol. The van der Waals surface area contributed by atoms with Crippen molar-refractivity contribution < 1.29 is 9.21 Å². The number of Topliss-reactive ketones (excluding diaryl/α,β-unsaturated/α-hetero) is 1. The fourth-order valence-electron chi connectivity index (χ4n) is 2.67. The molecule has 1 aromatic heterocycles. The molecule has 0 spiro atoms. The van der Waals surface area contributed by atoms with Gasteiger partial charge in [0.15, 0.2) is 5.76 Å². The van der Waals surface area contributed by atoms with Gasteiger partial charge in [0.1, 0.15) is 0 Å². The van der Waals surface area contributed by atoms with Crippen molar-refractivity contribution in [3.8, 4) is 0 Å². The quantitative estimate of drug-likeness (QED) is 0.752. The SMILES string of the molecule is CC1CCCC(N(C)CC(=O)c2ccco2)C1. The maximum absolute atomic E-state index is 11.9. The van der Waals surface area contributed by atoms with Crippen LogP contribution in [0.1, 0.15) is 43.2 Å². The number of carbonyl (C=O) groups is 1. The van der Waals surface area contributed by atoms with Crippen LogP contribution < -0.4 is 0 Å². The molecule has 0 N–H and O–H groups in total. The molecule has 0 aromatic carbocycles. The van der Waals surface area contributed by atoms with Gasteiger partial charge in [0.2, 0.25) is 5.78 Å². The zero-order valence-corrected chi connectivity index (χ0v) is 10.7. The molecule has 0 aliphatic heterocycles. The highest BCUT2D eigenvalue weighted by Crippen LogP contribution is 2.26. The minimum atomic E-state index is 0.0794. The van der Waals surface area contributed by atoms with Gasteiger partial charge in [0, 0.05) is 6.04 Å². The van der Waals surface area contributed by atoms with Crippen LogP contribution in [-0.4, -0.2) is 30.3 Å². The first-order chi connectivity index (χ1) is 8.16. The van der Waals surface area contributed by atoms with Crippen molar-refractivity contribution in [1.29, 1.82) is 0 Å². The highest BCUT2D eigenvalue weighted by atomic mass is 16.3. The molecule has 1 fully saturated rings. The average Bonchev–Trinajstić information content (AvgIpc) is 2.82. The first kappa shape index (κ1) is 12.4. The van der Waals surface area contributed by atoms with Crippen molar-refractivity contribution in [3.63, 3.8) is 0 Å². The summed E-state index contributed by atoms with van der Waals surface area (Å²) in [4.78, 5) is 14.1. The lowest BCUT2D eigenvalue weighted by atomic mass is 9.86. The zero-order valence-electron chi connectivity index (χ0n) is 10.7. The van der Waals surface area contributed by atoms with Gasteiger partial charge in [-0.25, -0.2) is 0 Å². The molecule has 3 nitrogen and oxygen atoms in total. The van der Waals surface area contributed by atoms with Crippen LogP contribution in [0.2, 0.25) is 0 Å². The fourth-order valence-corrected chi connectivity index (χ4v) is 2.67. The maximum atomic E-state index is 11.9. The average molecular weight is 235 g/mol. The number of hydrogen-bond acceptors (Lipinski definition) is 3. The van der Waals surface area contributed by atoms with E-state index in [0.29, 0.717) is 18.3 Å². The first-order valence-corrected chi connectivity index (χ1v) is 6.43. The molecule has 2 unspecified atom stereocenters. The van der Waals surface area contributed by atoms with Crippen LogP contribution in [0.15, 0.2) is 22.8 Å². The van der Waals surface area contributed by atoms with Crippen molar-refractivity contribution in [2.24, 2.45) is 5.92 Å². The van der Waals surface area contributed by atoms with Crippen LogP contribution in [0.3, 0.4) is 0 Å². The molecule has 1 saturated carbocycles. The number of rotatable bonds is 4. The number of nitrogens with zero attached hydrogens (tertiary/aromatic N) is 1. The number of hydrogen-bond donors (Lipinski definition) is 0. The summed E-state index contributed by atoms with van der Waals surface area (Å²) in [6.07, 6.45) is 6.59. The van der Waals surface area contributed by atoms with Gasteiger partial charge >= 0.3 is 0 Å². The second-order valence-corrected chi connectivity index (χ2v) is 5.24. The van der Waals surface area contributed by atoms with E-state index in [2.05, 4.69) is 11.8 Å². The van der Waals surface area contributed by atoms with Crippen LogP contribution >= 0.6 is 0 Å². The summed E-state index contributed by atoms with van der Waals surface area (Å²) < 4.78 is 5.13. The van der Waals surface area contributed by atoms with Gasteiger partial charge in [-0.2, -0.15) is 0 Å². The van der Waals surface area contributed by atoms with E-state index in [1.165, 1.54) is 25.7 Å². The van der Waals surface area contributed by atoms with E-state index in [4.69, 9.17) is 4.42 Å². The van der Waals surface area contributed by atoms with E-state index in [9.17, 15) is 4.79 Å². The summed E-state index contributed by atoms with van der Waals surface area (Å²) in [7, 11) is 2.05. The Balaban J connectivity index is 1.88. The number of furan rings is 1. The molecule has 94 valence electrons. The van der Waals surface area contributed by atoms with Crippen LogP contribution in [0.25, 0.3) is 0 Å². The summed E-state index contributed by atoms with van der Waals surface area (Å²) >= 11 is 0. The predicted molar refractivity (Wildman–Crippen MR) is 67.1 cm³/mol. The molecule has 0 radical (unpaired) electrons. The molecule has 1 heterocycles. The summed E-state index contributed by atoms with van der Waals surface area (Å²) in [6.45, 7) is 2.76. The molecule has 2 atom stereocenters. The Hall–Kier alpha value is -1.09. The second-order valence-electron chi connectivity index (χ2n) is 5.24. The lowest BCUT2D eigenvalue weighted by molar-refractivity contribution is 0.0856. The van der Waals surface area contributed by atoms with Gasteiger partial charge in [-0.3, -0.25) is 9.69 Å². The van der Waals surface area contributed by atoms with Crippen LogP contribution in [-0.2, 0) is 0 Å². The minimum Gasteiger partial charge on any atom is -0.461 e. The normalized spacial score (nSPS) is 25.1. The Labute approximate surface area is 103 Å². The third-order valence-corrected chi connectivity index (χ3v) is 3.72. The zero-order chi connectivity index (χ0) is 12.3. The van der Waals surface area contributed by atoms with Gasteiger partial charge in [-0.15, -0.1) is 0 Å². The number of ketones is 1. The highest BCUT2D eigenvalue weighted by Gasteiger charge is 2.24. The summed E-state index contributed by atoms with van der Waals surface area (Å²) in [5, 5.41) is 0. The summed E-state index contributed by atoms with van der Waals surface area (Å²) in [5.41, 5.74) is 0. The third kappa shape index (κ3) is 3.19. The van der Waals surface area contributed by atoms with Gasteiger partial charge in [0.25, 0.3) is 0 Å². The molecule has 0 saturated heterocycles. The molecule has 0 bridgehead atoms. The van der Waals surface area contributed by atoms with E-state index in [1.807, 2.05) is 7.05 Å². The van der Waals surface area contributed by atoms with Crippen molar-refractivity contribution >= 4 is 5.78 Å². The van der Waals surface area contributed by atoms with Crippen molar-refractivity contribution in [2.45, 2.75) is 38.6 Å². The Morgan fingerprint density at radius 2 is 2.35 bits per heavy atom. The smallest absolute Gasteiger partial charge is 0.211 e. The lowest BCUT2D eigenvalue weighted by Gasteiger charge is -2.33. The minimum absolute atomic E-state index is 0.0794. The first-order valence-electron chi connectivity index (χ1n) is 6.43. The molecule has 2 rings (SSSR count). The molecular formula is C14H21NO2. The molecule has 0 amide bonds. The monoisotopic (exact) mass is 235 g/mol. The molecule has 1 aliphatic rings. The van der Waals surface area contributed by atoms with Crippen LogP contribution in [0.5, 0.6) is 0 Å². The Kier molecular flexibility index (Phi) is 4.00. The third-order valence-electron chi connectivity index (χ3n) is 3.72. The number of likely N-dealkylation sites (N-methyl/N-ethyl adjacent to an activating group) is 1. The van der Waals surface area contributed by atoms with E-state index in [0.717, 1.165) is 5.92 Å². The Bertz CT molecular complexity index is 358. The predicted octanol–water partition coefficient (Wildman–Crippen LogP) is 2.97. The maximum Gasteiger partial charge on any atom is 0.211 e. The standard InChI is InChI=1S/C14H21NO2/c1-11-5-3-6-12(9-11)15(2)10-13(16)14-7-4-8-17-14/h4,7-8,11-12H,3,5-6,9-10H2,1-2H3. The molecule has 17 heavy (non-hydrogen) atoms. The van der Waals surface area contributed by atoms with E-state index in [1.54, 1.807) is 18.4 Å². The van der Waals surface area contributed by atoms with E-state index < -0.39 is 0 Å². The Morgan fingerprint density at radius 1 is 1.53 bits per heavy atom. The van der Waals surface area contributed by atoms with Crippen molar-refractivity contribution in [1.82, 2.24) is 4.90 Å². The van der Waals surface area contributed by atoms with Crippen molar-refractivity contribution in [2.75, 3.05) is 13.6 Å². The van der Waals surface area contributed by atoms with Crippen molar-refractivity contribution in [3.05, 3.63) is 24.2 Å². The van der Waals surface area contributed by atoms with E-state index >= 15 is 0 Å². The highest BCUT2D eigenvalue weighted by molar-refractivity contribution is 5.94. The topological polar surface area (TPSA) is 33.5 Å². The summed E-state index contributed by atoms with van der Waals surface area (Å²) in [5.74, 6) is 1.34. The lowest BCUT2D eigenvalue weighted by Crippen LogP contribution is -2.38. The molecule has 1 aliphatic carbocycles. The van der Waals surface area contributed by atoms with Crippen LogP contribution in [0.4, 0.5) is 0 Å². The summed E-state index contributed by atoms with van der Waals surface area (Å²) in [6, 6.07) is 4.05.